The molecule has 3 heteroatoms. The average Bonchev–Trinajstić information content (AvgIpc) is 2.71. The Balaban J connectivity index is 6.90. The van der Waals surface area contributed by atoms with E-state index in [9.17, 15) is 0 Å². The van der Waals surface area contributed by atoms with Gasteiger partial charge in [-0.2, -0.15) is 0 Å². The van der Waals surface area contributed by atoms with Crippen molar-refractivity contribution in [3.8, 4) is 0 Å². The first-order chi connectivity index (χ1) is 14.5. The predicted octanol–water partition coefficient (Wildman–Crippen LogP) is 10.2. The quantitative estimate of drug-likeness (QED) is 0.173. The molecule has 0 heterocycles. The summed E-state index contributed by atoms with van der Waals surface area (Å²) in [6, 6.07) is 0. The molecule has 0 aliphatic heterocycles. The number of hydrogen-bond acceptors (Lipinski definition) is 0. The van der Waals surface area contributed by atoms with Crippen LogP contribution in [0, 0.1) is 11.8 Å². The molecule has 0 aromatic rings. The molecule has 0 bridgehead atoms. The summed E-state index contributed by atoms with van der Waals surface area (Å²) in [5.41, 5.74) is 3.77. The van der Waals surface area contributed by atoms with Crippen molar-refractivity contribution in [1.29, 1.82) is 0 Å². The Kier molecular flexibility index (Phi) is 16.3. The van der Waals surface area contributed by atoms with Crippen molar-refractivity contribution in [2.75, 3.05) is 0 Å². The Morgan fingerprint density at radius 3 is 1.06 bits per heavy atom. The zero-order valence-electron chi connectivity index (χ0n) is 23.9. The van der Waals surface area contributed by atoms with Crippen LogP contribution in [0.4, 0.5) is 0 Å². The first-order valence-corrected chi connectivity index (χ1v) is 22.6. The third kappa shape index (κ3) is 9.66. The fraction of sp³-hybridized carbons (Fsp3) is 0.857. The van der Waals surface area contributed by atoms with Gasteiger partial charge in [0.15, 0.2) is 0 Å². The van der Waals surface area contributed by atoms with Gasteiger partial charge in [-0.25, -0.2) is 0 Å². The second-order valence-electron chi connectivity index (χ2n) is 11.2. The van der Waals surface area contributed by atoms with E-state index in [1.165, 1.54) is 63.8 Å². The summed E-state index contributed by atoms with van der Waals surface area (Å²) in [5.74, 6) is 1.59. The molecule has 0 spiro atoms. The van der Waals surface area contributed by atoms with Gasteiger partial charge in [0.1, 0.15) is 0 Å². The molecule has 31 heavy (non-hydrogen) atoms. The summed E-state index contributed by atoms with van der Waals surface area (Å²) >= 11 is -2.65. The van der Waals surface area contributed by atoms with Crippen molar-refractivity contribution >= 4 is 31.8 Å². The van der Waals surface area contributed by atoms with E-state index in [4.69, 9.17) is 0 Å². The molecule has 0 aromatic heterocycles. The van der Waals surface area contributed by atoms with Crippen LogP contribution in [0.1, 0.15) is 108 Å². The summed E-state index contributed by atoms with van der Waals surface area (Å²) in [6.45, 7) is 25.8. The SMILES string of the molecule is CCB(CC)/C(CC)=[C](/CCC(C)C)[Sn]([CH3])([CH3])/[C](CCC(C)C)=C(/CC)B(CC)CC. The van der Waals surface area contributed by atoms with E-state index in [0.717, 1.165) is 25.3 Å². The van der Waals surface area contributed by atoms with E-state index < -0.39 is 18.4 Å². The second kappa shape index (κ2) is 16.1. The van der Waals surface area contributed by atoms with E-state index in [-0.39, 0.29) is 0 Å². The molecular weight excluding hydrogens is 477 g/mol. The number of allylic oxidation sites excluding steroid dienone is 4. The summed E-state index contributed by atoms with van der Waals surface area (Å²) in [5, 5.41) is 0. The molecule has 180 valence electrons. The third-order valence-corrected chi connectivity index (χ3v) is 19.8. The fourth-order valence-electron chi connectivity index (χ4n) is 5.86. The number of rotatable bonds is 16. The molecule has 0 saturated heterocycles. The van der Waals surface area contributed by atoms with Crippen molar-refractivity contribution in [2.24, 2.45) is 11.8 Å². The van der Waals surface area contributed by atoms with E-state index >= 15 is 0 Å². The van der Waals surface area contributed by atoms with Crippen LogP contribution in [0.15, 0.2) is 18.1 Å². The summed E-state index contributed by atoms with van der Waals surface area (Å²) in [7, 11) is 0. The van der Waals surface area contributed by atoms with E-state index in [0.29, 0.717) is 0 Å². The van der Waals surface area contributed by atoms with Crippen molar-refractivity contribution < 1.29 is 0 Å². The average molecular weight is 535 g/mol. The van der Waals surface area contributed by atoms with Gasteiger partial charge in [0.2, 0.25) is 0 Å². The maximum absolute atomic E-state index is 2.80. The molecule has 0 unspecified atom stereocenters. The Morgan fingerprint density at radius 1 is 0.581 bits per heavy atom. The minimum absolute atomic E-state index is 0.796. The molecular formula is C28H58B2Sn. The molecule has 0 saturated carbocycles. The van der Waals surface area contributed by atoms with Crippen LogP contribution < -0.4 is 0 Å². The normalized spacial score (nSPS) is 14.1. The van der Waals surface area contributed by atoms with Gasteiger partial charge in [0.25, 0.3) is 0 Å². The van der Waals surface area contributed by atoms with E-state index in [1.54, 1.807) is 0 Å². The molecule has 0 atom stereocenters. The van der Waals surface area contributed by atoms with Crippen LogP contribution >= 0.6 is 0 Å². The molecule has 0 amide bonds. The third-order valence-electron chi connectivity index (χ3n) is 7.95. The topological polar surface area (TPSA) is 0 Å². The monoisotopic (exact) mass is 536 g/mol. The predicted molar refractivity (Wildman–Crippen MR) is 154 cm³/mol. The van der Waals surface area contributed by atoms with Gasteiger partial charge in [-0.05, 0) is 0 Å². The van der Waals surface area contributed by atoms with Gasteiger partial charge in [0.05, 0.1) is 0 Å². The van der Waals surface area contributed by atoms with Crippen LogP contribution in [0.5, 0.6) is 0 Å². The molecule has 0 aliphatic carbocycles. The Bertz CT molecular complexity index is 501. The molecule has 0 rings (SSSR count). The van der Waals surface area contributed by atoms with E-state index in [1.807, 2.05) is 18.1 Å². The maximum atomic E-state index is 2.80. The Morgan fingerprint density at radius 2 is 0.871 bits per heavy atom. The van der Waals surface area contributed by atoms with Crippen LogP contribution in [0.2, 0.25) is 35.2 Å². The zero-order valence-corrected chi connectivity index (χ0v) is 26.7. The fourth-order valence-corrected chi connectivity index (χ4v) is 18.0. The Hall–Kier alpha value is 0.409. The molecule has 0 nitrogen and oxygen atoms in total. The van der Waals surface area contributed by atoms with Crippen LogP contribution in [0.3, 0.4) is 0 Å². The first kappa shape index (κ1) is 31.4. The van der Waals surface area contributed by atoms with Gasteiger partial charge in [0, 0.05) is 0 Å². The first-order valence-electron chi connectivity index (χ1n) is 14.0. The number of hydrogen-bond donors (Lipinski definition) is 0. The van der Waals surface area contributed by atoms with Crippen molar-refractivity contribution in [1.82, 2.24) is 0 Å². The van der Waals surface area contributed by atoms with Crippen molar-refractivity contribution in [3.63, 3.8) is 0 Å². The molecule has 0 aromatic carbocycles. The van der Waals surface area contributed by atoms with Crippen molar-refractivity contribution in [2.45, 2.75) is 143 Å². The van der Waals surface area contributed by atoms with Gasteiger partial charge < -0.3 is 0 Å². The minimum atomic E-state index is -2.65. The van der Waals surface area contributed by atoms with Gasteiger partial charge in [-0.1, -0.05) is 0 Å². The summed E-state index contributed by atoms with van der Waals surface area (Å²) in [6.07, 6.45) is 13.2. The molecule has 0 radical (unpaired) electrons. The standard InChI is InChI=1S/2C13H26B.2CH3.Sn/c2*1-6-13(14(7-2)8-3)11-9-10-12(4)5;;;/h2*12H,6-10H2,1-5H3;2*1H3;. The Labute approximate surface area is 203 Å². The van der Waals surface area contributed by atoms with Crippen LogP contribution in [0.25, 0.3) is 0 Å². The molecule has 0 aliphatic rings. The second-order valence-corrected chi connectivity index (χ2v) is 24.0. The van der Waals surface area contributed by atoms with Gasteiger partial charge >= 0.3 is 205 Å². The van der Waals surface area contributed by atoms with Crippen LogP contribution in [-0.4, -0.2) is 31.8 Å². The van der Waals surface area contributed by atoms with Crippen LogP contribution in [-0.2, 0) is 0 Å². The summed E-state index contributed by atoms with van der Waals surface area (Å²) in [4.78, 5) is 5.60. The van der Waals surface area contributed by atoms with E-state index in [2.05, 4.69) is 79.1 Å². The van der Waals surface area contributed by atoms with Gasteiger partial charge in [-0.15, -0.1) is 0 Å². The molecule has 0 fully saturated rings. The zero-order chi connectivity index (χ0) is 24.2. The summed E-state index contributed by atoms with van der Waals surface area (Å²) < 4.78 is 4.02. The molecule has 0 N–H and O–H groups in total. The van der Waals surface area contributed by atoms with Crippen molar-refractivity contribution in [3.05, 3.63) is 18.1 Å². The van der Waals surface area contributed by atoms with Gasteiger partial charge in [-0.3, -0.25) is 0 Å².